The van der Waals surface area contributed by atoms with Crippen LogP contribution in [0.2, 0.25) is 0 Å². The lowest BCUT2D eigenvalue weighted by atomic mass is 10.1. The Bertz CT molecular complexity index is 850. The zero-order chi connectivity index (χ0) is 17.7. The van der Waals surface area contributed by atoms with E-state index in [4.69, 9.17) is 0 Å². The summed E-state index contributed by atoms with van der Waals surface area (Å²) in [6, 6.07) is 11.6. The fraction of sp³-hybridized carbons (Fsp3) is 0.250. The summed E-state index contributed by atoms with van der Waals surface area (Å²) in [4.78, 5) is 10.5. The van der Waals surface area contributed by atoms with Crippen molar-refractivity contribution in [2.24, 2.45) is 0 Å². The Morgan fingerprint density at radius 3 is 2.38 bits per heavy atom. The largest absolute Gasteiger partial charge is 0.375 e. The normalized spacial score (nSPS) is 11.2. The zero-order valence-corrected chi connectivity index (χ0v) is 14.3. The van der Waals surface area contributed by atoms with Crippen molar-refractivity contribution in [3.05, 3.63) is 63.7 Å². The number of anilines is 1. The van der Waals surface area contributed by atoms with Crippen LogP contribution in [-0.4, -0.2) is 20.4 Å². The third kappa shape index (κ3) is 3.90. The van der Waals surface area contributed by atoms with Gasteiger partial charge in [-0.1, -0.05) is 31.2 Å². The number of nitro benzene ring substituents is 1. The van der Waals surface area contributed by atoms with E-state index in [1.54, 1.807) is 0 Å². The molecule has 0 saturated carbocycles. The van der Waals surface area contributed by atoms with Crippen LogP contribution in [0.15, 0.2) is 47.4 Å². The maximum atomic E-state index is 11.8. The van der Waals surface area contributed by atoms with Crippen molar-refractivity contribution in [3.8, 4) is 0 Å². The summed E-state index contributed by atoms with van der Waals surface area (Å²) in [5.74, 6) is 0. The molecule has 2 N–H and O–H groups in total. The molecule has 2 rings (SSSR count). The maximum Gasteiger partial charge on any atom is 0.293 e. The summed E-state index contributed by atoms with van der Waals surface area (Å²) >= 11 is 0. The number of nitro groups is 1. The number of nitrogens with one attached hydrogen (secondary N) is 2. The summed E-state index contributed by atoms with van der Waals surface area (Å²) < 4.78 is 25.7. The highest BCUT2D eigenvalue weighted by atomic mass is 32.2. The highest BCUT2D eigenvalue weighted by Gasteiger charge is 2.20. The van der Waals surface area contributed by atoms with Crippen molar-refractivity contribution in [2.75, 3.05) is 12.4 Å². The van der Waals surface area contributed by atoms with Gasteiger partial charge in [-0.25, -0.2) is 13.1 Å². The van der Waals surface area contributed by atoms with Gasteiger partial charge in [-0.05, 0) is 36.7 Å². The van der Waals surface area contributed by atoms with Crippen LogP contribution < -0.4 is 10.0 Å². The molecule has 7 nitrogen and oxygen atoms in total. The molecule has 0 spiro atoms. The lowest BCUT2D eigenvalue weighted by Gasteiger charge is -2.11. The van der Waals surface area contributed by atoms with Crippen LogP contribution in [0.4, 0.5) is 11.4 Å². The van der Waals surface area contributed by atoms with Crippen molar-refractivity contribution in [2.45, 2.75) is 24.8 Å². The van der Waals surface area contributed by atoms with Crippen molar-refractivity contribution >= 4 is 21.4 Å². The van der Waals surface area contributed by atoms with Crippen molar-refractivity contribution in [1.29, 1.82) is 0 Å². The topological polar surface area (TPSA) is 101 Å². The minimum absolute atomic E-state index is 0.142. The van der Waals surface area contributed by atoms with E-state index in [9.17, 15) is 18.5 Å². The Labute approximate surface area is 140 Å². The molecule has 0 aliphatic carbocycles. The number of aryl methyl sites for hydroxylation is 1. The third-order valence-corrected chi connectivity index (χ3v) is 5.13. The molecule has 2 aromatic carbocycles. The molecular formula is C16H19N3O4S. The second kappa shape index (κ2) is 7.41. The lowest BCUT2D eigenvalue weighted by Crippen LogP contribution is -2.18. The molecule has 2 aromatic rings. The first kappa shape index (κ1) is 17.9. The van der Waals surface area contributed by atoms with Crippen LogP contribution in [0.25, 0.3) is 0 Å². The van der Waals surface area contributed by atoms with Gasteiger partial charge in [-0.3, -0.25) is 10.1 Å². The second-order valence-electron chi connectivity index (χ2n) is 5.12. The van der Waals surface area contributed by atoms with E-state index < -0.39 is 14.9 Å². The van der Waals surface area contributed by atoms with Crippen LogP contribution >= 0.6 is 0 Å². The summed E-state index contributed by atoms with van der Waals surface area (Å²) in [5, 5.41) is 14.3. The van der Waals surface area contributed by atoms with Crippen molar-refractivity contribution < 1.29 is 13.3 Å². The fourth-order valence-electron chi connectivity index (χ4n) is 2.36. The van der Waals surface area contributed by atoms with E-state index >= 15 is 0 Å². The van der Waals surface area contributed by atoms with E-state index in [1.807, 2.05) is 31.2 Å². The number of hydrogen-bond donors (Lipinski definition) is 2. The van der Waals surface area contributed by atoms with Crippen LogP contribution in [0.1, 0.15) is 18.1 Å². The smallest absolute Gasteiger partial charge is 0.293 e. The van der Waals surface area contributed by atoms with Gasteiger partial charge in [0.2, 0.25) is 10.0 Å². The number of nitrogens with zero attached hydrogens (tertiary/aromatic N) is 1. The van der Waals surface area contributed by atoms with Gasteiger partial charge in [-0.2, -0.15) is 0 Å². The van der Waals surface area contributed by atoms with Crippen molar-refractivity contribution in [3.63, 3.8) is 0 Å². The minimum atomic E-state index is -3.73. The van der Waals surface area contributed by atoms with Gasteiger partial charge < -0.3 is 5.32 Å². The quantitative estimate of drug-likeness (QED) is 0.591. The number of hydrogen-bond acceptors (Lipinski definition) is 5. The molecule has 0 fully saturated rings. The summed E-state index contributed by atoms with van der Waals surface area (Å²) in [7, 11) is -2.47. The van der Waals surface area contributed by atoms with E-state index in [0.717, 1.165) is 23.6 Å². The summed E-state index contributed by atoms with van der Waals surface area (Å²) in [6.45, 7) is 2.46. The first-order chi connectivity index (χ1) is 11.4. The standard InChI is InChI=1S/C16H19N3O4S/c1-3-12-6-4-5-7-13(12)11-18-15-9-8-14(24(22,23)17-2)10-16(15)19(20)21/h4-10,17-18H,3,11H2,1-2H3. The van der Waals surface area contributed by atoms with Gasteiger partial charge in [0.25, 0.3) is 5.69 Å². The molecule has 24 heavy (non-hydrogen) atoms. The van der Waals surface area contributed by atoms with Gasteiger partial charge in [0.15, 0.2) is 0 Å². The number of benzene rings is 2. The van der Waals surface area contributed by atoms with Gasteiger partial charge in [0.05, 0.1) is 9.82 Å². The van der Waals surface area contributed by atoms with Gasteiger partial charge in [0, 0.05) is 12.6 Å². The van der Waals surface area contributed by atoms with Gasteiger partial charge in [-0.15, -0.1) is 0 Å². The van der Waals surface area contributed by atoms with E-state index in [0.29, 0.717) is 6.54 Å². The average Bonchev–Trinajstić information content (AvgIpc) is 2.59. The molecule has 0 bridgehead atoms. The van der Waals surface area contributed by atoms with E-state index in [2.05, 4.69) is 10.0 Å². The van der Waals surface area contributed by atoms with E-state index in [-0.39, 0.29) is 16.3 Å². The number of sulfonamides is 1. The molecule has 0 radical (unpaired) electrons. The highest BCUT2D eigenvalue weighted by molar-refractivity contribution is 7.89. The second-order valence-corrected chi connectivity index (χ2v) is 7.01. The van der Waals surface area contributed by atoms with Crippen LogP contribution in [0.3, 0.4) is 0 Å². The van der Waals surface area contributed by atoms with Gasteiger partial charge in [0.1, 0.15) is 5.69 Å². The van der Waals surface area contributed by atoms with Crippen LogP contribution in [-0.2, 0) is 23.0 Å². The first-order valence-electron chi connectivity index (χ1n) is 7.41. The molecule has 128 valence electrons. The Morgan fingerprint density at radius 1 is 1.12 bits per heavy atom. The highest BCUT2D eigenvalue weighted by Crippen LogP contribution is 2.28. The minimum Gasteiger partial charge on any atom is -0.375 e. The Kier molecular flexibility index (Phi) is 5.53. The SMILES string of the molecule is CCc1ccccc1CNc1ccc(S(=O)(=O)NC)cc1[N+](=O)[O-]. The molecule has 8 heteroatoms. The van der Waals surface area contributed by atoms with E-state index in [1.165, 1.54) is 19.2 Å². The van der Waals surface area contributed by atoms with Gasteiger partial charge >= 0.3 is 0 Å². The molecule has 0 amide bonds. The fourth-order valence-corrected chi connectivity index (χ4v) is 3.11. The van der Waals surface area contributed by atoms with Crippen LogP contribution in [0.5, 0.6) is 0 Å². The maximum absolute atomic E-state index is 11.8. The number of rotatable bonds is 7. The lowest BCUT2D eigenvalue weighted by molar-refractivity contribution is -0.384. The first-order valence-corrected chi connectivity index (χ1v) is 8.90. The molecular weight excluding hydrogens is 330 g/mol. The Hall–Kier alpha value is -2.45. The molecule has 0 aromatic heterocycles. The molecule has 0 atom stereocenters. The average molecular weight is 349 g/mol. The Balaban J connectivity index is 2.32. The summed E-state index contributed by atoms with van der Waals surface area (Å²) in [5.41, 5.74) is 2.20. The molecule has 0 aliphatic rings. The van der Waals surface area contributed by atoms with Crippen molar-refractivity contribution in [1.82, 2.24) is 4.72 Å². The zero-order valence-electron chi connectivity index (χ0n) is 13.4. The third-order valence-electron chi connectivity index (χ3n) is 3.71. The van der Waals surface area contributed by atoms with Crippen LogP contribution in [0, 0.1) is 10.1 Å². The predicted molar refractivity (Wildman–Crippen MR) is 92.5 cm³/mol. The molecule has 0 saturated heterocycles. The molecule has 0 heterocycles. The Morgan fingerprint density at radius 2 is 1.79 bits per heavy atom. The molecule has 0 unspecified atom stereocenters. The predicted octanol–water partition coefficient (Wildman–Crippen LogP) is 2.68. The summed E-state index contributed by atoms with van der Waals surface area (Å²) in [6.07, 6.45) is 0.860. The monoisotopic (exact) mass is 349 g/mol. The molecule has 0 aliphatic heterocycles.